The molecule has 0 amide bonds. The van der Waals surface area contributed by atoms with Crippen LogP contribution in [-0.2, 0) is 0 Å². The summed E-state index contributed by atoms with van der Waals surface area (Å²) in [6.07, 6.45) is 3.12. The average Bonchev–Trinajstić information content (AvgIpc) is 2.42. The van der Waals surface area contributed by atoms with Crippen molar-refractivity contribution in [1.82, 2.24) is 4.98 Å². The van der Waals surface area contributed by atoms with E-state index in [1.807, 2.05) is 24.3 Å². The molecular formula is C13H11Cl2N3O. The molecule has 1 N–H and O–H groups in total. The SMILES string of the molecule is COc1ccccc1C=NNc1ncc(Cl)cc1Cl. The number of ether oxygens (including phenoxy) is 1. The first-order chi connectivity index (χ1) is 9.20. The van der Waals surface area contributed by atoms with Crippen LogP contribution in [0, 0.1) is 0 Å². The van der Waals surface area contributed by atoms with Crippen molar-refractivity contribution in [3.63, 3.8) is 0 Å². The largest absolute Gasteiger partial charge is 0.496 e. The Morgan fingerprint density at radius 3 is 2.84 bits per heavy atom. The molecule has 0 saturated carbocycles. The van der Waals surface area contributed by atoms with Crippen molar-refractivity contribution in [2.24, 2.45) is 5.10 Å². The van der Waals surface area contributed by atoms with Crippen LogP contribution in [0.4, 0.5) is 5.82 Å². The van der Waals surface area contributed by atoms with Crippen molar-refractivity contribution in [3.8, 4) is 5.75 Å². The molecule has 0 spiro atoms. The van der Waals surface area contributed by atoms with E-state index in [0.717, 1.165) is 11.3 Å². The number of hydrogen-bond donors (Lipinski definition) is 1. The van der Waals surface area contributed by atoms with Gasteiger partial charge in [0.05, 0.1) is 23.4 Å². The van der Waals surface area contributed by atoms with Crippen LogP contribution in [0.1, 0.15) is 5.56 Å². The van der Waals surface area contributed by atoms with Crippen LogP contribution in [0.15, 0.2) is 41.6 Å². The summed E-state index contributed by atoms with van der Waals surface area (Å²) >= 11 is 11.7. The van der Waals surface area contributed by atoms with Gasteiger partial charge in [0.2, 0.25) is 0 Å². The topological polar surface area (TPSA) is 46.5 Å². The van der Waals surface area contributed by atoms with Crippen molar-refractivity contribution < 1.29 is 4.74 Å². The van der Waals surface area contributed by atoms with E-state index in [2.05, 4.69) is 15.5 Å². The Morgan fingerprint density at radius 1 is 1.32 bits per heavy atom. The van der Waals surface area contributed by atoms with E-state index in [9.17, 15) is 0 Å². The number of nitrogens with one attached hydrogen (secondary N) is 1. The summed E-state index contributed by atoms with van der Waals surface area (Å²) in [5, 5.41) is 4.95. The third kappa shape index (κ3) is 3.59. The van der Waals surface area contributed by atoms with E-state index in [0.29, 0.717) is 15.9 Å². The summed E-state index contributed by atoms with van der Waals surface area (Å²) < 4.78 is 5.21. The number of hydrazone groups is 1. The Bertz CT molecular complexity index is 602. The number of hydrogen-bond acceptors (Lipinski definition) is 4. The van der Waals surface area contributed by atoms with Gasteiger partial charge in [0.15, 0.2) is 5.82 Å². The van der Waals surface area contributed by atoms with E-state index >= 15 is 0 Å². The normalized spacial score (nSPS) is 10.7. The molecule has 2 rings (SSSR count). The summed E-state index contributed by atoms with van der Waals surface area (Å²) in [6.45, 7) is 0. The van der Waals surface area contributed by atoms with Crippen molar-refractivity contribution in [2.75, 3.05) is 12.5 Å². The molecule has 6 heteroatoms. The molecule has 1 aromatic carbocycles. The minimum Gasteiger partial charge on any atom is -0.496 e. The summed E-state index contributed by atoms with van der Waals surface area (Å²) in [4.78, 5) is 4.03. The number of nitrogens with zero attached hydrogens (tertiary/aromatic N) is 2. The molecule has 98 valence electrons. The van der Waals surface area contributed by atoms with Crippen LogP contribution in [-0.4, -0.2) is 18.3 Å². The lowest BCUT2D eigenvalue weighted by molar-refractivity contribution is 0.414. The van der Waals surface area contributed by atoms with Crippen LogP contribution in [0.25, 0.3) is 0 Å². The maximum atomic E-state index is 5.96. The molecule has 1 aromatic heterocycles. The van der Waals surface area contributed by atoms with Crippen molar-refractivity contribution in [3.05, 3.63) is 52.1 Å². The Labute approximate surface area is 121 Å². The fourth-order valence-corrected chi connectivity index (χ4v) is 1.86. The second kappa shape index (κ2) is 6.41. The number of benzene rings is 1. The molecule has 0 unspecified atom stereocenters. The lowest BCUT2D eigenvalue weighted by atomic mass is 10.2. The molecule has 0 bridgehead atoms. The Morgan fingerprint density at radius 2 is 2.11 bits per heavy atom. The number of anilines is 1. The molecule has 2 aromatic rings. The minimum atomic E-state index is 0.407. The van der Waals surface area contributed by atoms with Gasteiger partial charge in [-0.25, -0.2) is 4.98 Å². The molecule has 0 saturated heterocycles. The number of para-hydroxylation sites is 1. The first-order valence-electron chi connectivity index (χ1n) is 5.44. The molecular weight excluding hydrogens is 285 g/mol. The van der Waals surface area contributed by atoms with Gasteiger partial charge in [-0.3, -0.25) is 5.43 Å². The molecule has 0 fully saturated rings. The molecule has 19 heavy (non-hydrogen) atoms. The molecule has 0 aliphatic rings. The van der Waals surface area contributed by atoms with Gasteiger partial charge in [0.1, 0.15) is 5.75 Å². The van der Waals surface area contributed by atoms with Crippen molar-refractivity contribution in [1.29, 1.82) is 0 Å². The highest BCUT2D eigenvalue weighted by atomic mass is 35.5. The molecule has 0 radical (unpaired) electrons. The van der Waals surface area contributed by atoms with E-state index in [1.54, 1.807) is 19.4 Å². The lowest BCUT2D eigenvalue weighted by Crippen LogP contribution is -1.96. The zero-order valence-corrected chi connectivity index (χ0v) is 11.6. The standard InChI is InChI=1S/C13H11Cl2N3O/c1-19-12-5-3-2-4-9(12)7-17-18-13-11(15)6-10(14)8-16-13/h2-8H,1H3,(H,16,18). The summed E-state index contributed by atoms with van der Waals surface area (Å²) in [7, 11) is 1.61. The van der Waals surface area contributed by atoms with Crippen LogP contribution >= 0.6 is 23.2 Å². The average molecular weight is 296 g/mol. The Balaban J connectivity index is 2.11. The van der Waals surface area contributed by atoms with Crippen molar-refractivity contribution >= 4 is 35.2 Å². The highest BCUT2D eigenvalue weighted by Gasteiger charge is 2.01. The second-order valence-electron chi connectivity index (χ2n) is 3.60. The first-order valence-corrected chi connectivity index (χ1v) is 6.19. The third-order valence-corrected chi connectivity index (χ3v) is 2.82. The highest BCUT2D eigenvalue weighted by molar-refractivity contribution is 6.35. The van der Waals surface area contributed by atoms with Crippen LogP contribution in [0.2, 0.25) is 10.0 Å². The molecule has 4 nitrogen and oxygen atoms in total. The number of pyridine rings is 1. The van der Waals surface area contributed by atoms with E-state index in [1.165, 1.54) is 6.20 Å². The predicted octanol–water partition coefficient (Wildman–Crippen LogP) is 3.84. The van der Waals surface area contributed by atoms with E-state index in [-0.39, 0.29) is 0 Å². The van der Waals surface area contributed by atoms with Crippen molar-refractivity contribution in [2.45, 2.75) is 0 Å². The van der Waals surface area contributed by atoms with E-state index < -0.39 is 0 Å². The molecule has 0 aliphatic heterocycles. The van der Waals surface area contributed by atoms with Crippen LogP contribution < -0.4 is 10.2 Å². The van der Waals surface area contributed by atoms with Crippen LogP contribution in [0.3, 0.4) is 0 Å². The third-order valence-electron chi connectivity index (χ3n) is 2.32. The highest BCUT2D eigenvalue weighted by Crippen LogP contribution is 2.22. The quantitative estimate of drug-likeness (QED) is 0.688. The van der Waals surface area contributed by atoms with Gasteiger partial charge in [0, 0.05) is 11.8 Å². The summed E-state index contributed by atoms with van der Waals surface area (Å²) in [5.74, 6) is 1.18. The Kier molecular flexibility index (Phi) is 4.60. The van der Waals surface area contributed by atoms with Gasteiger partial charge in [-0.2, -0.15) is 5.10 Å². The monoisotopic (exact) mass is 295 g/mol. The smallest absolute Gasteiger partial charge is 0.165 e. The van der Waals surface area contributed by atoms with Crippen LogP contribution in [0.5, 0.6) is 5.75 Å². The Hall–Kier alpha value is -1.78. The van der Waals surface area contributed by atoms with E-state index in [4.69, 9.17) is 27.9 Å². The maximum absolute atomic E-state index is 5.96. The summed E-state index contributed by atoms with van der Waals surface area (Å²) in [6, 6.07) is 9.13. The minimum absolute atomic E-state index is 0.407. The summed E-state index contributed by atoms with van der Waals surface area (Å²) in [5.41, 5.74) is 3.60. The fourth-order valence-electron chi connectivity index (χ4n) is 1.43. The van der Waals surface area contributed by atoms with Gasteiger partial charge in [-0.1, -0.05) is 35.3 Å². The zero-order chi connectivity index (χ0) is 13.7. The van der Waals surface area contributed by atoms with Gasteiger partial charge >= 0.3 is 0 Å². The molecule has 0 atom stereocenters. The number of rotatable bonds is 4. The number of methoxy groups -OCH3 is 1. The van der Waals surface area contributed by atoms with Gasteiger partial charge in [0.25, 0.3) is 0 Å². The molecule has 1 heterocycles. The number of halogens is 2. The number of aromatic nitrogens is 1. The lowest BCUT2D eigenvalue weighted by Gasteiger charge is -2.04. The molecule has 0 aliphatic carbocycles. The second-order valence-corrected chi connectivity index (χ2v) is 4.44. The van der Waals surface area contributed by atoms with Gasteiger partial charge in [-0.05, 0) is 18.2 Å². The fraction of sp³-hybridized carbons (Fsp3) is 0.0769. The van der Waals surface area contributed by atoms with Gasteiger partial charge < -0.3 is 4.74 Å². The first kappa shape index (κ1) is 13.6. The predicted molar refractivity (Wildman–Crippen MR) is 78.5 cm³/mol. The van der Waals surface area contributed by atoms with Gasteiger partial charge in [-0.15, -0.1) is 0 Å². The maximum Gasteiger partial charge on any atom is 0.165 e. The zero-order valence-electron chi connectivity index (χ0n) is 10.1.